The predicted molar refractivity (Wildman–Crippen MR) is 66.3 cm³/mol. The molecule has 1 amide bonds. The fraction of sp³-hybridized carbons (Fsp3) is 0.462. The first-order chi connectivity index (χ1) is 7.90. The molecular weight excluding hydrogens is 219 g/mol. The fourth-order valence-corrected chi connectivity index (χ4v) is 1.71. The second-order valence-corrected chi connectivity index (χ2v) is 4.55. The van der Waals surface area contributed by atoms with Crippen LogP contribution in [0, 0.1) is 12.7 Å². The molecule has 2 unspecified atom stereocenters. The number of aryl methyl sites for hydroxylation is 1. The molecule has 0 spiro atoms. The first kappa shape index (κ1) is 13.6. The Morgan fingerprint density at radius 1 is 1.47 bits per heavy atom. The van der Waals surface area contributed by atoms with E-state index in [1.165, 1.54) is 12.1 Å². The molecule has 0 heterocycles. The standard InChI is InChI=1S/C13H19FN2O/c1-8-6-11(4-5-12(8)14)13(17)16-10(3)7-9(2)15/h4-6,9-10H,7,15H2,1-3H3,(H,16,17). The van der Waals surface area contributed by atoms with Crippen molar-refractivity contribution in [3.05, 3.63) is 35.1 Å². The Hall–Kier alpha value is -1.42. The smallest absolute Gasteiger partial charge is 0.251 e. The molecule has 0 aromatic heterocycles. The Morgan fingerprint density at radius 2 is 2.12 bits per heavy atom. The van der Waals surface area contributed by atoms with Gasteiger partial charge < -0.3 is 11.1 Å². The first-order valence-electron chi connectivity index (χ1n) is 5.72. The molecule has 0 saturated heterocycles. The summed E-state index contributed by atoms with van der Waals surface area (Å²) in [6.45, 7) is 5.43. The summed E-state index contributed by atoms with van der Waals surface area (Å²) < 4.78 is 13.0. The summed E-state index contributed by atoms with van der Waals surface area (Å²) in [6, 6.07) is 4.38. The van der Waals surface area contributed by atoms with Gasteiger partial charge in [-0.3, -0.25) is 4.79 Å². The topological polar surface area (TPSA) is 55.1 Å². The lowest BCUT2D eigenvalue weighted by molar-refractivity contribution is 0.0937. The van der Waals surface area contributed by atoms with Crippen LogP contribution in [-0.2, 0) is 0 Å². The van der Waals surface area contributed by atoms with Crippen LogP contribution in [0.1, 0.15) is 36.2 Å². The third-order valence-corrected chi connectivity index (χ3v) is 2.52. The molecule has 2 atom stereocenters. The highest BCUT2D eigenvalue weighted by atomic mass is 19.1. The van der Waals surface area contributed by atoms with Crippen LogP contribution in [0.2, 0.25) is 0 Å². The molecule has 0 fully saturated rings. The molecule has 0 aliphatic rings. The van der Waals surface area contributed by atoms with Crippen molar-refractivity contribution in [2.75, 3.05) is 0 Å². The van der Waals surface area contributed by atoms with E-state index in [4.69, 9.17) is 5.73 Å². The molecule has 4 heteroatoms. The maximum Gasteiger partial charge on any atom is 0.251 e. The second kappa shape index (κ2) is 5.77. The van der Waals surface area contributed by atoms with Gasteiger partial charge in [-0.2, -0.15) is 0 Å². The molecule has 0 aliphatic heterocycles. The highest BCUT2D eigenvalue weighted by Crippen LogP contribution is 2.09. The molecule has 1 aromatic rings. The Labute approximate surface area is 101 Å². The molecule has 1 rings (SSSR count). The van der Waals surface area contributed by atoms with Crippen molar-refractivity contribution in [3.8, 4) is 0 Å². The lowest BCUT2D eigenvalue weighted by Gasteiger charge is -2.16. The first-order valence-corrected chi connectivity index (χ1v) is 5.72. The van der Waals surface area contributed by atoms with Gasteiger partial charge in [-0.1, -0.05) is 0 Å². The number of hydrogen-bond donors (Lipinski definition) is 2. The van der Waals surface area contributed by atoms with Crippen LogP contribution in [0.4, 0.5) is 4.39 Å². The SMILES string of the molecule is Cc1cc(C(=O)NC(C)CC(C)N)ccc1F. The molecule has 1 aromatic carbocycles. The predicted octanol–water partition coefficient (Wildman–Crippen LogP) is 1.99. The Bertz CT molecular complexity index is 404. The normalized spacial score (nSPS) is 14.2. The number of rotatable bonds is 4. The van der Waals surface area contributed by atoms with Crippen LogP contribution < -0.4 is 11.1 Å². The molecule has 0 saturated carbocycles. The van der Waals surface area contributed by atoms with E-state index >= 15 is 0 Å². The van der Waals surface area contributed by atoms with Crippen LogP contribution in [0.15, 0.2) is 18.2 Å². The molecule has 17 heavy (non-hydrogen) atoms. The summed E-state index contributed by atoms with van der Waals surface area (Å²) in [4.78, 5) is 11.8. The van der Waals surface area contributed by atoms with Gasteiger partial charge in [-0.05, 0) is 51.0 Å². The van der Waals surface area contributed by atoms with Gasteiger partial charge in [-0.15, -0.1) is 0 Å². The van der Waals surface area contributed by atoms with E-state index in [9.17, 15) is 9.18 Å². The molecule has 0 aliphatic carbocycles. The van der Waals surface area contributed by atoms with Gasteiger partial charge >= 0.3 is 0 Å². The van der Waals surface area contributed by atoms with E-state index in [1.54, 1.807) is 13.0 Å². The summed E-state index contributed by atoms with van der Waals surface area (Å²) >= 11 is 0. The van der Waals surface area contributed by atoms with E-state index < -0.39 is 0 Å². The summed E-state index contributed by atoms with van der Waals surface area (Å²) in [5, 5.41) is 2.83. The lowest BCUT2D eigenvalue weighted by atomic mass is 10.1. The number of benzene rings is 1. The highest BCUT2D eigenvalue weighted by Gasteiger charge is 2.12. The monoisotopic (exact) mass is 238 g/mol. The number of nitrogens with two attached hydrogens (primary N) is 1. The number of carbonyl (C=O) groups excluding carboxylic acids is 1. The molecule has 3 nitrogen and oxygen atoms in total. The third-order valence-electron chi connectivity index (χ3n) is 2.52. The number of amides is 1. The Balaban J connectivity index is 2.66. The number of nitrogens with one attached hydrogen (secondary N) is 1. The minimum Gasteiger partial charge on any atom is -0.350 e. The second-order valence-electron chi connectivity index (χ2n) is 4.55. The molecular formula is C13H19FN2O. The van der Waals surface area contributed by atoms with Gasteiger partial charge in [0.1, 0.15) is 5.82 Å². The minimum atomic E-state index is -0.301. The minimum absolute atomic E-state index is 0.00728. The molecule has 0 bridgehead atoms. The third kappa shape index (κ3) is 4.15. The van der Waals surface area contributed by atoms with Crippen molar-refractivity contribution in [3.63, 3.8) is 0 Å². The van der Waals surface area contributed by atoms with Crippen molar-refractivity contribution >= 4 is 5.91 Å². The van der Waals surface area contributed by atoms with Gasteiger partial charge in [0.2, 0.25) is 0 Å². The van der Waals surface area contributed by atoms with E-state index in [1.807, 2.05) is 13.8 Å². The van der Waals surface area contributed by atoms with Gasteiger partial charge in [0, 0.05) is 17.6 Å². The van der Waals surface area contributed by atoms with Gasteiger partial charge in [0.05, 0.1) is 0 Å². The van der Waals surface area contributed by atoms with Gasteiger partial charge in [0.15, 0.2) is 0 Å². The summed E-state index contributed by atoms with van der Waals surface area (Å²) in [5.74, 6) is -0.494. The van der Waals surface area contributed by atoms with Crippen LogP contribution in [0.5, 0.6) is 0 Å². The zero-order valence-corrected chi connectivity index (χ0v) is 10.5. The van der Waals surface area contributed by atoms with E-state index in [-0.39, 0.29) is 23.8 Å². The van der Waals surface area contributed by atoms with E-state index in [0.29, 0.717) is 17.5 Å². The average Bonchev–Trinajstić information content (AvgIpc) is 2.20. The van der Waals surface area contributed by atoms with Crippen molar-refractivity contribution in [1.82, 2.24) is 5.32 Å². The van der Waals surface area contributed by atoms with Crippen molar-refractivity contribution in [1.29, 1.82) is 0 Å². The molecule has 94 valence electrons. The zero-order chi connectivity index (χ0) is 13.0. The van der Waals surface area contributed by atoms with Crippen LogP contribution >= 0.6 is 0 Å². The highest BCUT2D eigenvalue weighted by molar-refractivity contribution is 5.94. The Kier molecular flexibility index (Phi) is 4.63. The van der Waals surface area contributed by atoms with Crippen LogP contribution in [0.25, 0.3) is 0 Å². The molecule has 3 N–H and O–H groups in total. The maximum absolute atomic E-state index is 13.0. The van der Waals surface area contributed by atoms with Crippen LogP contribution in [-0.4, -0.2) is 18.0 Å². The fourth-order valence-electron chi connectivity index (χ4n) is 1.71. The van der Waals surface area contributed by atoms with Crippen molar-refractivity contribution in [2.24, 2.45) is 5.73 Å². The number of hydrogen-bond acceptors (Lipinski definition) is 2. The van der Waals surface area contributed by atoms with Crippen molar-refractivity contribution < 1.29 is 9.18 Å². The number of halogens is 1. The van der Waals surface area contributed by atoms with Gasteiger partial charge in [0.25, 0.3) is 5.91 Å². The lowest BCUT2D eigenvalue weighted by Crippen LogP contribution is -2.36. The quantitative estimate of drug-likeness (QED) is 0.842. The average molecular weight is 238 g/mol. The molecule has 0 radical (unpaired) electrons. The Morgan fingerprint density at radius 3 is 2.65 bits per heavy atom. The number of carbonyl (C=O) groups is 1. The van der Waals surface area contributed by atoms with Crippen molar-refractivity contribution in [2.45, 2.75) is 39.3 Å². The summed E-state index contributed by atoms with van der Waals surface area (Å²) in [6.07, 6.45) is 0.714. The maximum atomic E-state index is 13.0. The van der Waals surface area contributed by atoms with E-state index in [0.717, 1.165) is 0 Å². The summed E-state index contributed by atoms with van der Waals surface area (Å²) in [5.41, 5.74) is 6.59. The van der Waals surface area contributed by atoms with Crippen LogP contribution in [0.3, 0.4) is 0 Å². The van der Waals surface area contributed by atoms with Gasteiger partial charge in [-0.25, -0.2) is 4.39 Å². The largest absolute Gasteiger partial charge is 0.350 e. The zero-order valence-electron chi connectivity index (χ0n) is 10.5. The summed E-state index contributed by atoms with van der Waals surface area (Å²) in [7, 11) is 0. The van der Waals surface area contributed by atoms with E-state index in [2.05, 4.69) is 5.32 Å².